The van der Waals surface area contributed by atoms with E-state index in [1.54, 1.807) is 12.1 Å². The van der Waals surface area contributed by atoms with Crippen LogP contribution in [0.4, 0.5) is 0 Å². The van der Waals surface area contributed by atoms with Crippen LogP contribution in [0.25, 0.3) is 0 Å². The number of hydrogen-bond acceptors (Lipinski definition) is 2. The molecule has 1 aromatic rings. The Morgan fingerprint density at radius 2 is 2.05 bits per heavy atom. The van der Waals surface area contributed by atoms with Gasteiger partial charge in [0.25, 0.3) is 5.91 Å². The fourth-order valence-electron chi connectivity index (χ4n) is 1.42. The van der Waals surface area contributed by atoms with Gasteiger partial charge in [-0.3, -0.25) is 4.79 Å². The number of halogens is 1. The van der Waals surface area contributed by atoms with Crippen LogP contribution in [0, 0.1) is 5.92 Å². The molecular formula is C15H22BrNO2. The molecule has 0 aliphatic rings. The number of carbonyl (C=O) groups is 1. The minimum absolute atomic E-state index is 0.0505. The van der Waals surface area contributed by atoms with Crippen molar-refractivity contribution in [3.05, 3.63) is 28.2 Å². The van der Waals surface area contributed by atoms with Crippen molar-refractivity contribution in [1.29, 1.82) is 0 Å². The molecule has 4 heteroatoms. The van der Waals surface area contributed by atoms with Crippen LogP contribution >= 0.6 is 15.9 Å². The normalized spacial score (nSPS) is 12.3. The lowest BCUT2D eigenvalue weighted by Crippen LogP contribution is -2.31. The Morgan fingerprint density at radius 1 is 1.37 bits per heavy atom. The van der Waals surface area contributed by atoms with Crippen molar-refractivity contribution < 1.29 is 9.53 Å². The lowest BCUT2D eigenvalue weighted by Gasteiger charge is -2.13. The zero-order chi connectivity index (χ0) is 14.4. The van der Waals surface area contributed by atoms with Gasteiger partial charge in [0.15, 0.2) is 0 Å². The zero-order valence-corrected chi connectivity index (χ0v) is 13.6. The molecule has 1 unspecified atom stereocenters. The smallest absolute Gasteiger partial charge is 0.251 e. The minimum atomic E-state index is -0.0505. The van der Waals surface area contributed by atoms with Crippen molar-refractivity contribution in [2.24, 2.45) is 5.92 Å². The summed E-state index contributed by atoms with van der Waals surface area (Å²) in [5.41, 5.74) is 0.643. The quantitative estimate of drug-likeness (QED) is 0.857. The molecule has 0 heterocycles. The van der Waals surface area contributed by atoms with Gasteiger partial charge in [-0.05, 0) is 53.4 Å². The Kier molecular flexibility index (Phi) is 6.35. The minimum Gasteiger partial charge on any atom is -0.492 e. The van der Waals surface area contributed by atoms with E-state index < -0.39 is 0 Å². The van der Waals surface area contributed by atoms with Crippen molar-refractivity contribution in [1.82, 2.24) is 5.32 Å². The van der Waals surface area contributed by atoms with E-state index >= 15 is 0 Å². The molecule has 0 bridgehead atoms. The molecule has 1 atom stereocenters. The molecule has 0 aromatic heterocycles. The molecule has 0 saturated heterocycles. The van der Waals surface area contributed by atoms with E-state index in [2.05, 4.69) is 35.1 Å². The first kappa shape index (κ1) is 16.0. The predicted octanol–water partition coefficient (Wildman–Crippen LogP) is 4.01. The monoisotopic (exact) mass is 327 g/mol. The molecular weight excluding hydrogens is 306 g/mol. The second-order valence-corrected chi connectivity index (χ2v) is 5.99. The highest BCUT2D eigenvalue weighted by molar-refractivity contribution is 9.10. The van der Waals surface area contributed by atoms with E-state index in [4.69, 9.17) is 4.74 Å². The van der Waals surface area contributed by atoms with E-state index in [1.807, 2.05) is 19.9 Å². The van der Waals surface area contributed by atoms with Gasteiger partial charge in [0, 0.05) is 11.6 Å². The third-order valence-corrected chi connectivity index (χ3v) is 3.38. The summed E-state index contributed by atoms with van der Waals surface area (Å²) < 4.78 is 6.47. The van der Waals surface area contributed by atoms with Crippen LogP contribution in [0.1, 0.15) is 44.5 Å². The summed E-state index contributed by atoms with van der Waals surface area (Å²) in [5, 5.41) is 2.94. The Balaban J connectivity index is 2.73. The van der Waals surface area contributed by atoms with Crippen LogP contribution in [0.15, 0.2) is 22.7 Å². The number of rotatable bonds is 6. The zero-order valence-electron chi connectivity index (χ0n) is 12.0. The summed E-state index contributed by atoms with van der Waals surface area (Å²) in [6.45, 7) is 8.90. The van der Waals surface area contributed by atoms with Crippen LogP contribution in [0.2, 0.25) is 0 Å². The van der Waals surface area contributed by atoms with E-state index in [-0.39, 0.29) is 11.9 Å². The molecule has 0 radical (unpaired) electrons. The van der Waals surface area contributed by atoms with Crippen LogP contribution < -0.4 is 10.1 Å². The predicted molar refractivity (Wildman–Crippen MR) is 81.7 cm³/mol. The van der Waals surface area contributed by atoms with Crippen molar-refractivity contribution in [3.8, 4) is 5.75 Å². The maximum Gasteiger partial charge on any atom is 0.251 e. The molecule has 19 heavy (non-hydrogen) atoms. The van der Waals surface area contributed by atoms with Crippen molar-refractivity contribution in [3.63, 3.8) is 0 Å². The van der Waals surface area contributed by atoms with Gasteiger partial charge < -0.3 is 10.1 Å². The van der Waals surface area contributed by atoms with E-state index in [1.165, 1.54) is 0 Å². The Morgan fingerprint density at radius 3 is 2.58 bits per heavy atom. The van der Waals surface area contributed by atoms with E-state index in [0.29, 0.717) is 18.1 Å². The molecule has 1 N–H and O–H groups in total. The molecule has 3 nitrogen and oxygen atoms in total. The molecule has 1 aromatic carbocycles. The second-order valence-electron chi connectivity index (χ2n) is 5.13. The fraction of sp³-hybridized carbons (Fsp3) is 0.533. The van der Waals surface area contributed by atoms with Crippen molar-refractivity contribution in [2.45, 2.75) is 40.2 Å². The first-order valence-electron chi connectivity index (χ1n) is 6.67. The topological polar surface area (TPSA) is 38.3 Å². The molecule has 0 spiro atoms. The Labute approximate surface area is 123 Å². The van der Waals surface area contributed by atoms with Gasteiger partial charge in [0.1, 0.15) is 5.75 Å². The number of ether oxygens (including phenoxy) is 1. The molecule has 1 rings (SSSR count). The molecule has 106 valence electrons. The Bertz CT molecular complexity index is 432. The Hall–Kier alpha value is -1.03. The van der Waals surface area contributed by atoms with Gasteiger partial charge >= 0.3 is 0 Å². The number of amides is 1. The van der Waals surface area contributed by atoms with E-state index in [0.717, 1.165) is 16.6 Å². The summed E-state index contributed by atoms with van der Waals surface area (Å²) in [6, 6.07) is 5.60. The van der Waals surface area contributed by atoms with Gasteiger partial charge in [0.05, 0.1) is 11.1 Å². The molecule has 0 aliphatic heterocycles. The molecule has 0 aliphatic carbocycles. The molecule has 0 fully saturated rings. The standard InChI is InChI=1S/C15H22BrNO2/c1-5-11(4)17-15(18)12-6-7-14(13(16)8-12)19-9-10(2)3/h6-8,10-11H,5,9H2,1-4H3,(H,17,18). The SMILES string of the molecule is CCC(C)NC(=O)c1ccc(OCC(C)C)c(Br)c1. The molecule has 0 saturated carbocycles. The third-order valence-electron chi connectivity index (χ3n) is 2.76. The fourth-order valence-corrected chi connectivity index (χ4v) is 1.92. The summed E-state index contributed by atoms with van der Waals surface area (Å²) in [7, 11) is 0. The average Bonchev–Trinajstić information content (AvgIpc) is 2.36. The largest absolute Gasteiger partial charge is 0.492 e. The average molecular weight is 328 g/mol. The van der Waals surface area contributed by atoms with Crippen LogP contribution in [-0.2, 0) is 0 Å². The third kappa shape index (κ3) is 5.23. The number of benzene rings is 1. The maximum absolute atomic E-state index is 12.0. The van der Waals surface area contributed by atoms with E-state index in [9.17, 15) is 4.79 Å². The van der Waals surface area contributed by atoms with Crippen LogP contribution in [0.3, 0.4) is 0 Å². The summed E-state index contributed by atoms with van der Waals surface area (Å²) in [4.78, 5) is 12.0. The lowest BCUT2D eigenvalue weighted by molar-refractivity contribution is 0.0939. The van der Waals surface area contributed by atoms with Gasteiger partial charge in [-0.1, -0.05) is 20.8 Å². The summed E-state index contributed by atoms with van der Waals surface area (Å²) >= 11 is 3.44. The maximum atomic E-state index is 12.0. The van der Waals surface area contributed by atoms with Gasteiger partial charge in [-0.25, -0.2) is 0 Å². The first-order valence-corrected chi connectivity index (χ1v) is 7.46. The highest BCUT2D eigenvalue weighted by Crippen LogP contribution is 2.26. The van der Waals surface area contributed by atoms with Crippen molar-refractivity contribution >= 4 is 21.8 Å². The number of nitrogens with one attached hydrogen (secondary N) is 1. The highest BCUT2D eigenvalue weighted by Gasteiger charge is 2.11. The van der Waals surface area contributed by atoms with Gasteiger partial charge in [-0.2, -0.15) is 0 Å². The van der Waals surface area contributed by atoms with Crippen LogP contribution in [0.5, 0.6) is 5.75 Å². The van der Waals surface area contributed by atoms with Gasteiger partial charge in [0.2, 0.25) is 0 Å². The lowest BCUT2D eigenvalue weighted by atomic mass is 10.1. The number of hydrogen-bond donors (Lipinski definition) is 1. The second kappa shape index (κ2) is 7.53. The van der Waals surface area contributed by atoms with Gasteiger partial charge in [-0.15, -0.1) is 0 Å². The highest BCUT2D eigenvalue weighted by atomic mass is 79.9. The molecule has 1 amide bonds. The van der Waals surface area contributed by atoms with Crippen LogP contribution in [-0.4, -0.2) is 18.6 Å². The summed E-state index contributed by atoms with van der Waals surface area (Å²) in [6.07, 6.45) is 0.919. The summed E-state index contributed by atoms with van der Waals surface area (Å²) in [5.74, 6) is 1.19. The van der Waals surface area contributed by atoms with Crippen molar-refractivity contribution in [2.75, 3.05) is 6.61 Å². The first-order chi connectivity index (χ1) is 8.93. The number of carbonyl (C=O) groups excluding carboxylic acids is 1.